The normalized spacial score (nSPS) is 48.1. The van der Waals surface area contributed by atoms with Gasteiger partial charge in [-0.25, -0.2) is 0 Å². The van der Waals surface area contributed by atoms with Crippen LogP contribution in [0.25, 0.3) is 16.5 Å². The smallest absolute Gasteiger partial charge is 0.0961 e. The van der Waals surface area contributed by atoms with Crippen molar-refractivity contribution >= 4 is 16.5 Å². The van der Waals surface area contributed by atoms with E-state index >= 15 is 0 Å². The molecule has 0 radical (unpaired) electrons. The van der Waals surface area contributed by atoms with Gasteiger partial charge in [0.25, 0.3) is 0 Å². The topological polar surface area (TPSA) is 65.8 Å². The summed E-state index contributed by atoms with van der Waals surface area (Å²) in [7, 11) is 4.03. The number of aliphatic hydroxyl groups excluding tert-OH is 2. The molecule has 2 saturated heterocycles. The SMILES string of the molecule is CN(C)[C@H]1C[C@@]23CC[C@@]4(O2)C(=CC[C@]2(C)C(c5cccc6ncccc56)=CCC24)C2CC23[C@@H](O)[C@@H]1O. The van der Waals surface area contributed by atoms with Crippen LogP contribution in [0.5, 0.6) is 0 Å². The molecule has 36 heavy (non-hydrogen) atoms. The summed E-state index contributed by atoms with van der Waals surface area (Å²) in [6.45, 7) is 2.46. The molecule has 5 nitrogen and oxygen atoms in total. The average molecular weight is 485 g/mol. The minimum absolute atomic E-state index is 0.00178. The highest BCUT2D eigenvalue weighted by Gasteiger charge is 2.84. The van der Waals surface area contributed by atoms with Crippen LogP contribution in [0.2, 0.25) is 0 Å². The monoisotopic (exact) mass is 484 g/mol. The van der Waals surface area contributed by atoms with E-state index in [0.717, 1.165) is 44.0 Å². The molecule has 5 heteroatoms. The zero-order valence-corrected chi connectivity index (χ0v) is 21.4. The van der Waals surface area contributed by atoms with Gasteiger partial charge in [-0.1, -0.05) is 37.3 Å². The van der Waals surface area contributed by atoms with Gasteiger partial charge in [-0.15, -0.1) is 0 Å². The number of hydrogen-bond acceptors (Lipinski definition) is 5. The van der Waals surface area contributed by atoms with Crippen molar-refractivity contribution in [3.05, 3.63) is 59.8 Å². The van der Waals surface area contributed by atoms with Gasteiger partial charge in [0.15, 0.2) is 0 Å². The van der Waals surface area contributed by atoms with Crippen molar-refractivity contribution in [3.8, 4) is 0 Å². The van der Waals surface area contributed by atoms with Gasteiger partial charge in [0.2, 0.25) is 0 Å². The number of fused-ring (bicyclic) bond motifs is 3. The molecule has 0 amide bonds. The summed E-state index contributed by atoms with van der Waals surface area (Å²) < 4.78 is 7.46. The molecule has 1 aromatic heterocycles. The number of allylic oxidation sites excluding steroid dienone is 3. The molecule has 8 rings (SSSR count). The number of likely N-dealkylation sites (N-methyl/N-ethyl adjacent to an activating group) is 1. The summed E-state index contributed by atoms with van der Waals surface area (Å²) in [5, 5.41) is 23.9. The molecule has 3 spiro atoms. The largest absolute Gasteiger partial charge is 0.390 e. The molecule has 4 aliphatic carbocycles. The van der Waals surface area contributed by atoms with Gasteiger partial charge in [0, 0.05) is 34.4 Å². The summed E-state index contributed by atoms with van der Waals surface area (Å²) >= 11 is 0. The standard InChI is InChI=1S/C31H36N2O3/c1-28-12-11-21-22-16-30(22)27(35)26(34)24(33(2)3)17-29(30)13-14-31(21,36-29)25(28)10-9-20(28)18-6-4-8-23-19(18)7-5-15-32-23/h4-9,11,15,22,24-27,34-35H,10,12-14,16-17H2,1-3H3/t22?,24-,25?,26+,27-,28+,29+,30?,31+/m0/s1. The van der Waals surface area contributed by atoms with Crippen LogP contribution < -0.4 is 0 Å². The van der Waals surface area contributed by atoms with Crippen LogP contribution in [0.1, 0.15) is 51.0 Å². The molecular formula is C31H36N2O3. The maximum absolute atomic E-state index is 11.5. The fourth-order valence-electron chi connectivity index (χ4n) is 9.94. The number of rotatable bonds is 2. The zero-order chi connectivity index (χ0) is 24.7. The Bertz CT molecular complexity index is 1360. The highest BCUT2D eigenvalue weighted by Crippen LogP contribution is 2.81. The van der Waals surface area contributed by atoms with Gasteiger partial charge in [-0.05, 0) is 87.4 Å². The molecule has 4 fully saturated rings. The third-order valence-electron chi connectivity index (χ3n) is 11.6. The number of ether oxygens (including phenoxy) is 1. The molecule has 6 aliphatic rings. The van der Waals surface area contributed by atoms with E-state index in [1.807, 2.05) is 26.4 Å². The summed E-state index contributed by atoms with van der Waals surface area (Å²) in [6, 6.07) is 10.7. The quantitative estimate of drug-likeness (QED) is 0.621. The summed E-state index contributed by atoms with van der Waals surface area (Å²) in [5.74, 6) is 0.739. The minimum Gasteiger partial charge on any atom is -0.390 e. The molecule has 3 heterocycles. The first kappa shape index (κ1) is 22.0. The number of benzene rings is 1. The lowest BCUT2D eigenvalue weighted by Crippen LogP contribution is -2.67. The van der Waals surface area contributed by atoms with Crippen molar-refractivity contribution in [1.29, 1.82) is 0 Å². The summed E-state index contributed by atoms with van der Waals surface area (Å²) in [4.78, 5) is 6.71. The number of hydrogen-bond donors (Lipinski definition) is 2. The fourth-order valence-corrected chi connectivity index (χ4v) is 9.94. The van der Waals surface area contributed by atoms with Crippen molar-refractivity contribution in [1.82, 2.24) is 9.88 Å². The van der Waals surface area contributed by atoms with Crippen LogP contribution in [-0.2, 0) is 4.74 Å². The van der Waals surface area contributed by atoms with E-state index in [1.54, 1.807) is 0 Å². The second kappa shape index (κ2) is 6.68. The minimum atomic E-state index is -0.727. The van der Waals surface area contributed by atoms with Crippen molar-refractivity contribution in [3.63, 3.8) is 0 Å². The van der Waals surface area contributed by atoms with Gasteiger partial charge in [0.1, 0.15) is 0 Å². The molecule has 2 bridgehead atoms. The molecule has 2 saturated carbocycles. The third kappa shape index (κ3) is 2.28. The Labute approximate surface area is 212 Å². The summed E-state index contributed by atoms with van der Waals surface area (Å²) in [6.07, 6.45) is 11.2. The highest BCUT2D eigenvalue weighted by atomic mass is 16.5. The van der Waals surface area contributed by atoms with Gasteiger partial charge in [-0.3, -0.25) is 4.98 Å². The Morgan fingerprint density at radius 3 is 2.75 bits per heavy atom. The molecule has 2 N–H and O–H groups in total. The van der Waals surface area contributed by atoms with Crippen LogP contribution in [0.3, 0.4) is 0 Å². The lowest BCUT2D eigenvalue weighted by atomic mass is 9.57. The van der Waals surface area contributed by atoms with Gasteiger partial charge < -0.3 is 19.8 Å². The number of aliphatic hydroxyl groups is 2. The third-order valence-corrected chi connectivity index (χ3v) is 11.6. The van der Waals surface area contributed by atoms with E-state index in [2.05, 4.69) is 53.2 Å². The lowest BCUT2D eigenvalue weighted by molar-refractivity contribution is -0.248. The second-order valence-electron chi connectivity index (χ2n) is 13.0. The molecule has 2 aliphatic heterocycles. The van der Waals surface area contributed by atoms with E-state index in [1.165, 1.54) is 22.1 Å². The molecule has 9 atom stereocenters. The predicted molar refractivity (Wildman–Crippen MR) is 139 cm³/mol. The number of pyridine rings is 1. The van der Waals surface area contributed by atoms with Crippen molar-refractivity contribution < 1.29 is 14.9 Å². The summed E-state index contributed by atoms with van der Waals surface area (Å²) in [5.41, 5.74) is 4.35. The van der Waals surface area contributed by atoms with Crippen LogP contribution in [0.4, 0.5) is 0 Å². The average Bonchev–Trinajstić information content (AvgIpc) is 3.40. The van der Waals surface area contributed by atoms with E-state index in [-0.39, 0.29) is 28.1 Å². The molecular weight excluding hydrogens is 448 g/mol. The Morgan fingerprint density at radius 1 is 1.06 bits per heavy atom. The van der Waals surface area contributed by atoms with Gasteiger partial charge in [0.05, 0.1) is 28.9 Å². The molecule has 1 aromatic carbocycles. The first-order chi connectivity index (χ1) is 17.3. The maximum Gasteiger partial charge on any atom is 0.0961 e. The van der Waals surface area contributed by atoms with E-state index in [9.17, 15) is 10.2 Å². The van der Waals surface area contributed by atoms with Crippen LogP contribution in [0, 0.1) is 22.7 Å². The van der Waals surface area contributed by atoms with Crippen molar-refractivity contribution in [2.45, 2.75) is 74.9 Å². The Balaban J connectivity index is 1.24. The van der Waals surface area contributed by atoms with E-state index in [4.69, 9.17) is 4.74 Å². The highest BCUT2D eigenvalue weighted by molar-refractivity contribution is 5.93. The van der Waals surface area contributed by atoms with Crippen LogP contribution in [-0.4, -0.2) is 63.6 Å². The first-order valence-corrected chi connectivity index (χ1v) is 13.8. The van der Waals surface area contributed by atoms with Crippen molar-refractivity contribution in [2.24, 2.45) is 22.7 Å². The van der Waals surface area contributed by atoms with Crippen LogP contribution >= 0.6 is 0 Å². The molecule has 2 aromatic rings. The first-order valence-electron chi connectivity index (χ1n) is 13.8. The van der Waals surface area contributed by atoms with Gasteiger partial charge >= 0.3 is 0 Å². The molecule has 188 valence electrons. The number of nitrogens with zero attached hydrogens (tertiary/aromatic N) is 2. The van der Waals surface area contributed by atoms with Gasteiger partial charge in [-0.2, -0.15) is 0 Å². The maximum atomic E-state index is 11.5. The zero-order valence-electron chi connectivity index (χ0n) is 21.4. The number of aromatic nitrogens is 1. The predicted octanol–water partition coefficient (Wildman–Crippen LogP) is 4.34. The van der Waals surface area contributed by atoms with Crippen molar-refractivity contribution in [2.75, 3.05) is 14.1 Å². The lowest BCUT2D eigenvalue weighted by Gasteiger charge is -2.59. The Hall–Kier alpha value is -2.05. The van der Waals surface area contributed by atoms with Crippen LogP contribution in [0.15, 0.2) is 54.3 Å². The Kier molecular flexibility index (Phi) is 4.08. The van der Waals surface area contributed by atoms with E-state index < -0.39 is 12.2 Å². The molecule has 3 unspecified atom stereocenters. The Morgan fingerprint density at radius 2 is 1.92 bits per heavy atom. The fraction of sp³-hybridized carbons (Fsp3) is 0.581. The van der Waals surface area contributed by atoms with E-state index in [0.29, 0.717) is 11.8 Å². The second-order valence-corrected chi connectivity index (χ2v) is 13.0.